The second kappa shape index (κ2) is 10.4. The van der Waals surface area contributed by atoms with E-state index < -0.39 is 15.1 Å². The summed E-state index contributed by atoms with van der Waals surface area (Å²) in [4.78, 5) is 11.0. The van der Waals surface area contributed by atoms with E-state index in [0.717, 1.165) is 45.0 Å². The summed E-state index contributed by atoms with van der Waals surface area (Å²) in [6.07, 6.45) is 2.23. The van der Waals surface area contributed by atoms with Crippen molar-refractivity contribution < 1.29 is 17.7 Å². The van der Waals surface area contributed by atoms with Gasteiger partial charge in [0.05, 0.1) is 48.1 Å². The number of piperazine rings is 1. The molecule has 0 aliphatic carbocycles. The molecule has 4 rings (SSSR count). The van der Waals surface area contributed by atoms with Gasteiger partial charge in [0, 0.05) is 51.6 Å². The number of aromatic nitrogens is 2. The number of anilines is 2. The van der Waals surface area contributed by atoms with Crippen LogP contribution in [0, 0.1) is 11.3 Å². The fourth-order valence-electron chi connectivity index (χ4n) is 4.54. The van der Waals surface area contributed by atoms with Crippen molar-refractivity contribution >= 4 is 33.1 Å². The number of hydrogen-bond donors (Lipinski definition) is 0. The Balaban J connectivity index is 1.46. The van der Waals surface area contributed by atoms with Crippen molar-refractivity contribution in [3.05, 3.63) is 41.2 Å². The molecule has 2 saturated heterocycles. The molecule has 0 N–H and O–H groups in total. The Bertz CT molecular complexity index is 1180. The van der Waals surface area contributed by atoms with Crippen LogP contribution in [0.5, 0.6) is 0 Å². The van der Waals surface area contributed by atoms with Crippen molar-refractivity contribution in [3.63, 3.8) is 0 Å². The van der Waals surface area contributed by atoms with Crippen molar-refractivity contribution in [2.75, 3.05) is 69.3 Å². The topological polar surface area (TPSA) is 93.7 Å². The molecule has 1 aromatic carbocycles. The van der Waals surface area contributed by atoms with Crippen molar-refractivity contribution in [1.82, 2.24) is 9.88 Å². The van der Waals surface area contributed by atoms with E-state index in [1.165, 1.54) is 0 Å². The monoisotopic (exact) mass is 505 g/mol. The first-order chi connectivity index (χ1) is 16.3. The average molecular weight is 506 g/mol. The number of hydrogen-bond acceptors (Lipinski definition) is 8. The molecule has 2 aliphatic rings. The molecule has 0 spiro atoms. The molecule has 2 aliphatic heterocycles. The van der Waals surface area contributed by atoms with E-state index in [-0.39, 0.29) is 9.92 Å². The van der Waals surface area contributed by atoms with Gasteiger partial charge in [-0.25, -0.2) is 13.0 Å². The van der Waals surface area contributed by atoms with Crippen LogP contribution >= 0.6 is 11.6 Å². The second-order valence-electron chi connectivity index (χ2n) is 8.67. The Labute approximate surface area is 206 Å². The predicted molar refractivity (Wildman–Crippen MR) is 130 cm³/mol. The summed E-state index contributed by atoms with van der Waals surface area (Å²) in [6.45, 7) is 6.05. The summed E-state index contributed by atoms with van der Waals surface area (Å²) in [5, 5.41) is 8.83. The average Bonchev–Trinajstić information content (AvgIpc) is 3.34. The minimum atomic E-state index is -3.62. The van der Waals surface area contributed by atoms with Gasteiger partial charge in [-0.1, -0.05) is 16.6 Å². The van der Waals surface area contributed by atoms with Crippen molar-refractivity contribution in [3.8, 4) is 6.07 Å². The summed E-state index contributed by atoms with van der Waals surface area (Å²) in [5.41, 5.74) is 1.24. The maximum atomic E-state index is 13.4. The van der Waals surface area contributed by atoms with Crippen LogP contribution in [0.25, 0.3) is 0 Å². The molecule has 2 fully saturated rings. The molecule has 0 radical (unpaired) electrons. The zero-order valence-electron chi connectivity index (χ0n) is 19.5. The number of ether oxygens (including phenoxy) is 1. The zero-order valence-corrected chi connectivity index (χ0v) is 21.1. The van der Waals surface area contributed by atoms with Crippen molar-refractivity contribution in [2.45, 2.75) is 16.6 Å². The first-order valence-electron chi connectivity index (χ1n) is 11.3. The van der Waals surface area contributed by atoms with E-state index >= 15 is 0 Å². The van der Waals surface area contributed by atoms with Gasteiger partial charge < -0.3 is 9.64 Å². The number of methoxy groups -OCH3 is 1. The number of sulfone groups is 1. The SMILES string of the molecule is COCCN1CCN(c2ccc(S(=O)(=O)C3CCN(c4nc(C#N)cc[n+]4C)C3)c(Cl)c2)CC1. The van der Waals surface area contributed by atoms with E-state index in [9.17, 15) is 8.42 Å². The maximum absolute atomic E-state index is 13.4. The van der Waals surface area contributed by atoms with Gasteiger partial charge in [0.2, 0.25) is 5.69 Å². The van der Waals surface area contributed by atoms with Crippen LogP contribution < -0.4 is 14.4 Å². The Kier molecular flexibility index (Phi) is 7.57. The lowest BCUT2D eigenvalue weighted by Crippen LogP contribution is -2.47. The van der Waals surface area contributed by atoms with E-state index in [1.807, 2.05) is 24.1 Å². The maximum Gasteiger partial charge on any atom is 0.395 e. The molecular formula is C23H30ClN6O3S+. The number of benzene rings is 1. The summed E-state index contributed by atoms with van der Waals surface area (Å²) in [6, 6.07) is 8.93. The predicted octanol–water partition coefficient (Wildman–Crippen LogP) is 1.25. The van der Waals surface area contributed by atoms with Gasteiger partial charge in [0.1, 0.15) is 6.07 Å². The summed E-state index contributed by atoms with van der Waals surface area (Å²) in [5.74, 6) is 0.586. The van der Waals surface area contributed by atoms with Crippen molar-refractivity contribution in [2.24, 2.45) is 7.05 Å². The highest BCUT2D eigenvalue weighted by Crippen LogP contribution is 2.33. The minimum absolute atomic E-state index is 0.173. The van der Waals surface area contributed by atoms with E-state index in [2.05, 4.69) is 14.8 Å². The van der Waals surface area contributed by atoms with Gasteiger partial charge >= 0.3 is 5.95 Å². The standard InChI is InChI=1S/C23H30ClN6O3S/c1-27-7-5-18(16-25)26-23(27)30-8-6-20(17-30)34(31,32)22-4-3-19(15-21(22)24)29-11-9-28(10-12-29)13-14-33-2/h3-5,7,15,20H,6,8-14,17H2,1-2H3/q+1. The highest BCUT2D eigenvalue weighted by molar-refractivity contribution is 7.92. The fraction of sp³-hybridized carbons (Fsp3) is 0.522. The lowest BCUT2D eigenvalue weighted by atomic mass is 10.2. The Morgan fingerprint density at radius 1 is 1.21 bits per heavy atom. The lowest BCUT2D eigenvalue weighted by molar-refractivity contribution is -0.661. The molecule has 11 heteroatoms. The third kappa shape index (κ3) is 5.13. The fourth-order valence-corrected chi connectivity index (χ4v) is 6.78. The Morgan fingerprint density at radius 3 is 2.65 bits per heavy atom. The van der Waals surface area contributed by atoms with Gasteiger partial charge in [-0.3, -0.25) is 9.80 Å². The smallest absolute Gasteiger partial charge is 0.383 e. The quantitative estimate of drug-likeness (QED) is 0.519. The van der Waals surface area contributed by atoms with Gasteiger partial charge in [-0.2, -0.15) is 5.26 Å². The van der Waals surface area contributed by atoms with E-state index in [1.54, 1.807) is 36.1 Å². The number of nitriles is 1. The summed E-state index contributed by atoms with van der Waals surface area (Å²) in [7, 11) is -0.0816. The number of aryl methyl sites for hydroxylation is 1. The third-order valence-electron chi connectivity index (χ3n) is 6.54. The minimum Gasteiger partial charge on any atom is -0.383 e. The molecule has 1 aromatic heterocycles. The van der Waals surface area contributed by atoms with Crippen LogP contribution in [-0.4, -0.2) is 83.1 Å². The first-order valence-corrected chi connectivity index (χ1v) is 13.3. The van der Waals surface area contributed by atoms with Crippen molar-refractivity contribution in [1.29, 1.82) is 5.26 Å². The molecule has 2 aromatic rings. The van der Waals surface area contributed by atoms with Crippen LogP contribution in [0.3, 0.4) is 0 Å². The molecule has 1 unspecified atom stereocenters. The molecule has 9 nitrogen and oxygen atoms in total. The van der Waals surface area contributed by atoms with Gasteiger partial charge in [0.15, 0.2) is 9.84 Å². The van der Waals surface area contributed by atoms with E-state index in [0.29, 0.717) is 31.2 Å². The Morgan fingerprint density at radius 2 is 1.97 bits per heavy atom. The van der Waals surface area contributed by atoms with Gasteiger partial charge in [0.25, 0.3) is 0 Å². The first kappa shape index (κ1) is 24.7. The lowest BCUT2D eigenvalue weighted by Gasteiger charge is -2.36. The van der Waals surface area contributed by atoms with Crippen LogP contribution in [0.2, 0.25) is 5.02 Å². The zero-order chi connectivity index (χ0) is 24.3. The molecule has 182 valence electrons. The Hall–Kier alpha value is -2.45. The molecule has 0 saturated carbocycles. The van der Waals surface area contributed by atoms with Crippen LogP contribution in [0.15, 0.2) is 35.4 Å². The summed E-state index contributed by atoms with van der Waals surface area (Å²) < 4.78 is 33.9. The second-order valence-corrected chi connectivity index (χ2v) is 11.3. The normalized spacial score (nSPS) is 19.4. The molecule has 34 heavy (non-hydrogen) atoms. The number of nitrogens with zero attached hydrogens (tertiary/aromatic N) is 6. The van der Waals surface area contributed by atoms with Crippen LogP contribution in [-0.2, 0) is 21.6 Å². The molecular weight excluding hydrogens is 476 g/mol. The van der Waals surface area contributed by atoms with Crippen LogP contribution in [0.4, 0.5) is 11.6 Å². The van der Waals surface area contributed by atoms with Crippen LogP contribution in [0.1, 0.15) is 12.1 Å². The molecule has 0 bridgehead atoms. The van der Waals surface area contributed by atoms with E-state index in [4.69, 9.17) is 21.6 Å². The molecule has 1 atom stereocenters. The van der Waals surface area contributed by atoms with Gasteiger partial charge in [-0.05, 0) is 24.6 Å². The molecule has 0 amide bonds. The third-order valence-corrected chi connectivity index (χ3v) is 9.20. The van der Waals surface area contributed by atoms with Gasteiger partial charge in [-0.15, -0.1) is 0 Å². The number of halogens is 1. The largest absolute Gasteiger partial charge is 0.395 e. The summed E-state index contributed by atoms with van der Waals surface area (Å²) >= 11 is 6.53. The molecule has 3 heterocycles. The highest BCUT2D eigenvalue weighted by Gasteiger charge is 2.40. The number of rotatable bonds is 7. The highest BCUT2D eigenvalue weighted by atomic mass is 35.5.